The summed E-state index contributed by atoms with van der Waals surface area (Å²) in [5.41, 5.74) is 0.473. The lowest BCUT2D eigenvalue weighted by molar-refractivity contribution is -0.133. The van der Waals surface area contributed by atoms with Gasteiger partial charge in [0.15, 0.2) is 0 Å². The van der Waals surface area contributed by atoms with Crippen LogP contribution in [0.2, 0.25) is 5.02 Å². The maximum Gasteiger partial charge on any atom is 0.257 e. The van der Waals surface area contributed by atoms with E-state index in [1.165, 1.54) is 25.7 Å². The maximum atomic E-state index is 12.8. The maximum absolute atomic E-state index is 12.8. The molecule has 2 fully saturated rings. The Morgan fingerprint density at radius 3 is 2.42 bits per heavy atom. The van der Waals surface area contributed by atoms with Crippen LogP contribution in [-0.2, 0) is 4.79 Å². The molecule has 26 heavy (non-hydrogen) atoms. The number of nitrogens with zero attached hydrogens (tertiary/aromatic N) is 2. The van der Waals surface area contributed by atoms with E-state index in [0.717, 1.165) is 12.3 Å². The number of hydrogen-bond acceptors (Lipinski definition) is 3. The molecule has 3 rings (SSSR count). The van der Waals surface area contributed by atoms with Crippen molar-refractivity contribution in [2.45, 2.75) is 38.5 Å². The lowest BCUT2D eigenvalue weighted by atomic mass is 10.0. The van der Waals surface area contributed by atoms with Crippen LogP contribution in [0.5, 0.6) is 5.75 Å². The van der Waals surface area contributed by atoms with Crippen LogP contribution in [0.25, 0.3) is 0 Å². The molecular weight excluding hydrogens is 352 g/mol. The van der Waals surface area contributed by atoms with Crippen molar-refractivity contribution in [3.8, 4) is 5.75 Å². The summed E-state index contributed by atoms with van der Waals surface area (Å²) in [6, 6.07) is 5.05. The van der Waals surface area contributed by atoms with Crippen molar-refractivity contribution in [1.29, 1.82) is 0 Å². The van der Waals surface area contributed by atoms with Gasteiger partial charge in [-0.25, -0.2) is 0 Å². The normalized spacial score (nSPS) is 18.2. The van der Waals surface area contributed by atoms with E-state index in [4.69, 9.17) is 16.3 Å². The lowest BCUT2D eigenvalue weighted by Crippen LogP contribution is -2.50. The van der Waals surface area contributed by atoms with Crippen LogP contribution in [0.15, 0.2) is 18.2 Å². The molecule has 0 spiro atoms. The van der Waals surface area contributed by atoms with Crippen LogP contribution in [0.1, 0.15) is 48.9 Å². The van der Waals surface area contributed by atoms with E-state index in [0.29, 0.717) is 48.9 Å². The van der Waals surface area contributed by atoms with Crippen molar-refractivity contribution < 1.29 is 14.3 Å². The molecule has 1 aromatic carbocycles. The van der Waals surface area contributed by atoms with Gasteiger partial charge in [-0.05, 0) is 30.5 Å². The van der Waals surface area contributed by atoms with Gasteiger partial charge in [-0.3, -0.25) is 9.59 Å². The minimum Gasteiger partial charge on any atom is -0.496 e. The summed E-state index contributed by atoms with van der Waals surface area (Å²) in [6.45, 7) is 2.28. The third-order valence-electron chi connectivity index (χ3n) is 5.55. The van der Waals surface area contributed by atoms with Crippen LogP contribution < -0.4 is 4.74 Å². The SMILES string of the molecule is COc1ccc(Cl)cc1C(=O)N1CCN(C(=O)CCC2CCCC2)CC1. The molecule has 0 atom stereocenters. The van der Waals surface area contributed by atoms with E-state index in [1.807, 2.05) is 4.90 Å². The minimum atomic E-state index is -0.0950. The zero-order valence-electron chi connectivity index (χ0n) is 15.4. The molecule has 0 aromatic heterocycles. The van der Waals surface area contributed by atoms with E-state index in [-0.39, 0.29) is 11.8 Å². The van der Waals surface area contributed by atoms with Crippen molar-refractivity contribution in [2.24, 2.45) is 5.92 Å². The molecule has 0 bridgehead atoms. The summed E-state index contributed by atoms with van der Waals surface area (Å²) >= 11 is 6.03. The second-order valence-electron chi connectivity index (χ2n) is 7.21. The number of halogens is 1. The Morgan fingerprint density at radius 1 is 1.12 bits per heavy atom. The van der Waals surface area contributed by atoms with E-state index in [2.05, 4.69) is 0 Å². The molecule has 1 heterocycles. The summed E-state index contributed by atoms with van der Waals surface area (Å²) in [4.78, 5) is 28.9. The Balaban J connectivity index is 1.52. The van der Waals surface area contributed by atoms with Crippen LogP contribution >= 0.6 is 11.6 Å². The van der Waals surface area contributed by atoms with Crippen LogP contribution in [0.4, 0.5) is 0 Å². The molecule has 6 heteroatoms. The van der Waals surface area contributed by atoms with Crippen molar-refractivity contribution in [1.82, 2.24) is 9.80 Å². The minimum absolute atomic E-state index is 0.0950. The van der Waals surface area contributed by atoms with Gasteiger partial charge in [-0.2, -0.15) is 0 Å². The Morgan fingerprint density at radius 2 is 1.77 bits per heavy atom. The summed E-state index contributed by atoms with van der Waals surface area (Å²) < 4.78 is 5.28. The summed E-state index contributed by atoms with van der Waals surface area (Å²) in [6.07, 6.45) is 6.83. The van der Waals surface area contributed by atoms with Gasteiger partial charge >= 0.3 is 0 Å². The van der Waals surface area contributed by atoms with Gasteiger partial charge in [-0.15, -0.1) is 0 Å². The number of carbonyl (C=O) groups is 2. The quantitative estimate of drug-likeness (QED) is 0.786. The van der Waals surface area contributed by atoms with Crippen LogP contribution in [0, 0.1) is 5.92 Å². The average molecular weight is 379 g/mol. The van der Waals surface area contributed by atoms with Gasteiger partial charge in [0, 0.05) is 37.6 Å². The van der Waals surface area contributed by atoms with Crippen LogP contribution in [0.3, 0.4) is 0 Å². The van der Waals surface area contributed by atoms with Crippen molar-refractivity contribution in [3.63, 3.8) is 0 Å². The van der Waals surface area contributed by atoms with Gasteiger partial charge in [0.05, 0.1) is 12.7 Å². The van der Waals surface area contributed by atoms with Gasteiger partial charge in [0.25, 0.3) is 5.91 Å². The molecule has 1 saturated carbocycles. The Bertz CT molecular complexity index is 650. The van der Waals surface area contributed by atoms with Crippen molar-refractivity contribution in [2.75, 3.05) is 33.3 Å². The lowest BCUT2D eigenvalue weighted by Gasteiger charge is -2.35. The first-order valence-corrected chi connectivity index (χ1v) is 9.87. The molecule has 5 nitrogen and oxygen atoms in total. The van der Waals surface area contributed by atoms with E-state index >= 15 is 0 Å². The third-order valence-corrected chi connectivity index (χ3v) is 5.79. The number of ether oxygens (including phenoxy) is 1. The highest BCUT2D eigenvalue weighted by atomic mass is 35.5. The fourth-order valence-corrected chi connectivity index (χ4v) is 4.13. The summed E-state index contributed by atoms with van der Waals surface area (Å²) in [7, 11) is 1.54. The Labute approximate surface area is 160 Å². The molecule has 142 valence electrons. The molecule has 0 unspecified atom stereocenters. The first-order chi connectivity index (χ1) is 12.6. The smallest absolute Gasteiger partial charge is 0.257 e. The summed E-state index contributed by atoms with van der Waals surface area (Å²) in [5.74, 6) is 1.39. The highest BCUT2D eigenvalue weighted by Gasteiger charge is 2.27. The summed E-state index contributed by atoms with van der Waals surface area (Å²) in [5, 5.41) is 0.509. The Kier molecular flexibility index (Phi) is 6.41. The molecule has 2 amide bonds. The second-order valence-corrected chi connectivity index (χ2v) is 7.64. The number of benzene rings is 1. The molecule has 2 aliphatic rings. The number of amides is 2. The van der Waals surface area contributed by atoms with Crippen molar-refractivity contribution in [3.05, 3.63) is 28.8 Å². The molecular formula is C20H27ClN2O3. The topological polar surface area (TPSA) is 49.9 Å². The molecule has 1 aliphatic heterocycles. The third kappa shape index (κ3) is 4.50. The van der Waals surface area contributed by atoms with E-state index < -0.39 is 0 Å². The molecule has 0 radical (unpaired) electrons. The van der Waals surface area contributed by atoms with Crippen LogP contribution in [-0.4, -0.2) is 54.9 Å². The molecule has 1 saturated heterocycles. The first-order valence-electron chi connectivity index (χ1n) is 9.49. The molecule has 1 aromatic rings. The highest BCUT2D eigenvalue weighted by molar-refractivity contribution is 6.31. The fourth-order valence-electron chi connectivity index (χ4n) is 3.96. The number of rotatable bonds is 5. The highest BCUT2D eigenvalue weighted by Crippen LogP contribution is 2.29. The zero-order valence-corrected chi connectivity index (χ0v) is 16.1. The standard InChI is InChI=1S/C20H27ClN2O3/c1-26-18-8-7-16(21)14-17(18)20(25)23-12-10-22(11-13-23)19(24)9-6-15-4-2-3-5-15/h7-8,14-15H,2-6,9-13H2,1H3. The number of piperazine rings is 1. The number of methoxy groups -OCH3 is 1. The first kappa shape index (κ1) is 19.0. The van der Waals surface area contributed by atoms with Gasteiger partial charge < -0.3 is 14.5 Å². The van der Waals surface area contributed by atoms with Gasteiger partial charge in [0.1, 0.15) is 5.75 Å². The predicted octanol–water partition coefficient (Wildman–Crippen LogP) is 3.60. The average Bonchev–Trinajstić information content (AvgIpc) is 3.19. The van der Waals surface area contributed by atoms with E-state index in [9.17, 15) is 9.59 Å². The fraction of sp³-hybridized carbons (Fsp3) is 0.600. The largest absolute Gasteiger partial charge is 0.496 e. The molecule has 1 aliphatic carbocycles. The van der Waals surface area contributed by atoms with Gasteiger partial charge in [-0.1, -0.05) is 37.3 Å². The number of hydrogen-bond donors (Lipinski definition) is 0. The second kappa shape index (κ2) is 8.76. The van der Waals surface area contributed by atoms with Crippen molar-refractivity contribution >= 4 is 23.4 Å². The predicted molar refractivity (Wildman–Crippen MR) is 102 cm³/mol. The monoisotopic (exact) mass is 378 g/mol. The Hall–Kier alpha value is -1.75. The van der Waals surface area contributed by atoms with E-state index in [1.54, 1.807) is 30.2 Å². The number of carbonyl (C=O) groups excluding carboxylic acids is 2. The zero-order chi connectivity index (χ0) is 18.5. The van der Waals surface area contributed by atoms with Gasteiger partial charge in [0.2, 0.25) is 5.91 Å². The molecule has 0 N–H and O–H groups in total.